The molecule has 1 saturated heterocycles. The Balaban J connectivity index is 2.48. The molecule has 2 atom stereocenters. The van der Waals surface area contributed by atoms with Gasteiger partial charge in [-0.1, -0.05) is 30.7 Å². The Morgan fingerprint density at radius 1 is 1.50 bits per heavy atom. The van der Waals surface area contributed by atoms with Gasteiger partial charge in [0, 0.05) is 28.4 Å². The molecule has 1 fully saturated rings. The minimum atomic E-state index is 0.440. The van der Waals surface area contributed by atoms with E-state index in [1.807, 2.05) is 18.2 Å². The molecule has 2 unspecified atom stereocenters. The zero-order valence-corrected chi connectivity index (χ0v) is 12.4. The highest BCUT2D eigenvalue weighted by Crippen LogP contribution is 2.35. The molecule has 2 rings (SSSR count). The lowest BCUT2D eigenvalue weighted by Gasteiger charge is -2.32. The largest absolute Gasteiger partial charge is 0.389 e. The summed E-state index contributed by atoms with van der Waals surface area (Å²) in [5.41, 5.74) is 7.85. The first-order chi connectivity index (χ1) is 8.54. The van der Waals surface area contributed by atoms with Gasteiger partial charge in [0.1, 0.15) is 4.99 Å². The van der Waals surface area contributed by atoms with Crippen LogP contribution in [0.2, 0.25) is 5.02 Å². The van der Waals surface area contributed by atoms with Crippen LogP contribution in [-0.2, 0) is 0 Å². The molecule has 98 valence electrons. The highest BCUT2D eigenvalue weighted by molar-refractivity contribution is 7.80. The number of benzene rings is 1. The molecule has 0 bridgehead atoms. The van der Waals surface area contributed by atoms with Gasteiger partial charge in [0.25, 0.3) is 0 Å². The van der Waals surface area contributed by atoms with Gasteiger partial charge >= 0.3 is 0 Å². The van der Waals surface area contributed by atoms with Crippen molar-refractivity contribution in [1.29, 1.82) is 0 Å². The first-order valence-electron chi connectivity index (χ1n) is 6.42. The highest BCUT2D eigenvalue weighted by atomic mass is 35.5. The number of nitrogens with two attached hydrogens (primary N) is 1. The van der Waals surface area contributed by atoms with Crippen LogP contribution >= 0.6 is 23.8 Å². The molecule has 2 N–H and O–H groups in total. The van der Waals surface area contributed by atoms with E-state index in [9.17, 15) is 0 Å². The van der Waals surface area contributed by atoms with Crippen LogP contribution in [0.3, 0.4) is 0 Å². The first kappa shape index (κ1) is 13.6. The van der Waals surface area contributed by atoms with E-state index in [4.69, 9.17) is 29.6 Å². The lowest BCUT2D eigenvalue weighted by molar-refractivity contribution is 0.628. The van der Waals surface area contributed by atoms with Crippen molar-refractivity contribution in [2.75, 3.05) is 4.90 Å². The van der Waals surface area contributed by atoms with E-state index < -0.39 is 0 Å². The second-order valence-corrected chi connectivity index (χ2v) is 5.80. The molecule has 1 aliphatic heterocycles. The van der Waals surface area contributed by atoms with E-state index in [2.05, 4.69) is 18.7 Å². The molecule has 0 radical (unpaired) electrons. The molecule has 0 aromatic heterocycles. The smallest absolute Gasteiger partial charge is 0.106 e. The first-order valence-corrected chi connectivity index (χ1v) is 7.21. The Kier molecular flexibility index (Phi) is 4.13. The van der Waals surface area contributed by atoms with Crippen LogP contribution in [0.5, 0.6) is 0 Å². The fourth-order valence-electron chi connectivity index (χ4n) is 2.83. The third kappa shape index (κ3) is 2.47. The molecule has 2 nitrogen and oxygen atoms in total. The molecule has 1 aliphatic rings. The van der Waals surface area contributed by atoms with E-state index in [0.717, 1.165) is 22.7 Å². The van der Waals surface area contributed by atoms with Gasteiger partial charge < -0.3 is 10.6 Å². The number of anilines is 1. The summed E-state index contributed by atoms with van der Waals surface area (Å²) >= 11 is 11.3. The molecule has 0 aliphatic carbocycles. The summed E-state index contributed by atoms with van der Waals surface area (Å²) in [6, 6.07) is 6.84. The number of halogens is 1. The molecular formula is C14H19ClN2S. The summed E-state index contributed by atoms with van der Waals surface area (Å²) in [5, 5.41) is 0.735. The van der Waals surface area contributed by atoms with Crippen molar-refractivity contribution in [3.05, 3.63) is 28.8 Å². The lowest BCUT2D eigenvalue weighted by Crippen LogP contribution is -2.35. The zero-order chi connectivity index (χ0) is 13.3. The quantitative estimate of drug-likeness (QED) is 0.857. The third-order valence-electron chi connectivity index (χ3n) is 3.76. The Bertz CT molecular complexity index is 461. The second-order valence-electron chi connectivity index (χ2n) is 4.92. The normalized spacial score (nSPS) is 23.4. The maximum Gasteiger partial charge on any atom is 0.106 e. The van der Waals surface area contributed by atoms with Crippen molar-refractivity contribution in [3.8, 4) is 0 Å². The second kappa shape index (κ2) is 5.45. The van der Waals surface area contributed by atoms with Gasteiger partial charge in [-0.05, 0) is 44.4 Å². The molecule has 1 aromatic carbocycles. The summed E-state index contributed by atoms with van der Waals surface area (Å²) in [5.74, 6) is 0. The van der Waals surface area contributed by atoms with Gasteiger partial charge in [0.05, 0.1) is 0 Å². The van der Waals surface area contributed by atoms with Crippen LogP contribution in [-0.4, -0.2) is 17.1 Å². The fraction of sp³-hybridized carbons (Fsp3) is 0.500. The van der Waals surface area contributed by atoms with E-state index in [1.54, 1.807) is 0 Å². The molecule has 1 aromatic rings. The van der Waals surface area contributed by atoms with Crippen LogP contribution in [0.4, 0.5) is 5.69 Å². The van der Waals surface area contributed by atoms with Gasteiger partial charge in [-0.25, -0.2) is 0 Å². The fourth-order valence-corrected chi connectivity index (χ4v) is 3.17. The highest BCUT2D eigenvalue weighted by Gasteiger charge is 2.31. The van der Waals surface area contributed by atoms with Crippen molar-refractivity contribution in [3.63, 3.8) is 0 Å². The number of hydrogen-bond donors (Lipinski definition) is 1. The number of hydrogen-bond acceptors (Lipinski definition) is 2. The Morgan fingerprint density at radius 2 is 2.22 bits per heavy atom. The summed E-state index contributed by atoms with van der Waals surface area (Å²) < 4.78 is 0. The molecule has 18 heavy (non-hydrogen) atoms. The SMILES string of the molecule is CCC1CCC(C)N1c1cc(Cl)ccc1C(N)=S. The number of nitrogens with zero attached hydrogens (tertiary/aromatic N) is 1. The topological polar surface area (TPSA) is 29.3 Å². The van der Waals surface area contributed by atoms with Gasteiger partial charge in [-0.2, -0.15) is 0 Å². The summed E-state index contributed by atoms with van der Waals surface area (Å²) in [4.78, 5) is 2.87. The van der Waals surface area contributed by atoms with Crippen molar-refractivity contribution < 1.29 is 0 Å². The maximum atomic E-state index is 6.13. The van der Waals surface area contributed by atoms with Crippen LogP contribution in [0.1, 0.15) is 38.7 Å². The van der Waals surface area contributed by atoms with E-state index >= 15 is 0 Å². The lowest BCUT2D eigenvalue weighted by atomic mass is 10.1. The molecule has 0 spiro atoms. The average Bonchev–Trinajstić information content (AvgIpc) is 2.69. The van der Waals surface area contributed by atoms with Crippen molar-refractivity contribution in [2.45, 2.75) is 45.2 Å². The van der Waals surface area contributed by atoms with Gasteiger partial charge in [-0.15, -0.1) is 0 Å². The summed E-state index contributed by atoms with van der Waals surface area (Å²) in [6.45, 7) is 4.47. The Morgan fingerprint density at radius 3 is 2.83 bits per heavy atom. The van der Waals surface area contributed by atoms with E-state index in [-0.39, 0.29) is 0 Å². The van der Waals surface area contributed by atoms with Crippen molar-refractivity contribution >= 4 is 34.5 Å². The predicted molar refractivity (Wildman–Crippen MR) is 82.6 cm³/mol. The van der Waals surface area contributed by atoms with Crippen LogP contribution in [0.25, 0.3) is 0 Å². The zero-order valence-electron chi connectivity index (χ0n) is 10.8. The van der Waals surface area contributed by atoms with Crippen LogP contribution in [0, 0.1) is 0 Å². The molecule has 1 heterocycles. The van der Waals surface area contributed by atoms with Crippen LogP contribution in [0.15, 0.2) is 18.2 Å². The molecule has 0 amide bonds. The predicted octanol–water partition coefficient (Wildman–Crippen LogP) is 3.74. The van der Waals surface area contributed by atoms with Crippen molar-refractivity contribution in [1.82, 2.24) is 0 Å². The Labute approximate surface area is 119 Å². The Hall–Kier alpha value is -0.800. The molecule has 4 heteroatoms. The molecular weight excluding hydrogens is 264 g/mol. The summed E-state index contributed by atoms with van der Waals surface area (Å²) in [6.07, 6.45) is 3.57. The number of thiocarbonyl (C=S) groups is 1. The summed E-state index contributed by atoms with van der Waals surface area (Å²) in [7, 11) is 0. The number of rotatable bonds is 3. The third-order valence-corrected chi connectivity index (χ3v) is 4.22. The minimum absolute atomic E-state index is 0.440. The van der Waals surface area contributed by atoms with Crippen LogP contribution < -0.4 is 10.6 Å². The monoisotopic (exact) mass is 282 g/mol. The maximum absolute atomic E-state index is 6.13. The molecule has 0 saturated carbocycles. The van der Waals surface area contributed by atoms with Gasteiger partial charge in [0.2, 0.25) is 0 Å². The average molecular weight is 283 g/mol. The van der Waals surface area contributed by atoms with E-state index in [1.165, 1.54) is 12.8 Å². The minimum Gasteiger partial charge on any atom is -0.389 e. The van der Waals surface area contributed by atoms with Gasteiger partial charge in [0.15, 0.2) is 0 Å². The standard InChI is InChI=1S/C14H19ClN2S/c1-3-11-6-4-9(2)17(11)13-8-10(15)5-7-12(13)14(16)18/h5,7-9,11H,3-4,6H2,1-2H3,(H2,16,18). The van der Waals surface area contributed by atoms with E-state index in [0.29, 0.717) is 17.1 Å². The van der Waals surface area contributed by atoms with Crippen molar-refractivity contribution in [2.24, 2.45) is 5.73 Å². The van der Waals surface area contributed by atoms with Gasteiger partial charge in [-0.3, -0.25) is 0 Å².